The Balaban J connectivity index is 2.51. The standard InChI is InChI=1S/C11H12FNO2/c1-2-9(14)8-5-7(12)3-6-4-10(15)13-11(6)8/h3,5,9,14H,2,4H2,1H3,(H,13,15). The normalized spacial score (nSPS) is 16.1. The first-order valence-corrected chi connectivity index (χ1v) is 4.92. The zero-order valence-electron chi connectivity index (χ0n) is 8.38. The van der Waals surface area contributed by atoms with E-state index in [-0.39, 0.29) is 12.3 Å². The quantitative estimate of drug-likeness (QED) is 0.779. The van der Waals surface area contributed by atoms with Crippen LogP contribution in [0.4, 0.5) is 10.1 Å². The molecule has 1 aromatic carbocycles. The van der Waals surface area contributed by atoms with Crippen molar-refractivity contribution in [1.29, 1.82) is 0 Å². The molecule has 0 bridgehead atoms. The number of halogens is 1. The molecule has 15 heavy (non-hydrogen) atoms. The summed E-state index contributed by atoms with van der Waals surface area (Å²) in [4.78, 5) is 11.2. The minimum Gasteiger partial charge on any atom is -0.388 e. The van der Waals surface area contributed by atoms with E-state index in [1.54, 1.807) is 6.92 Å². The van der Waals surface area contributed by atoms with Crippen LogP contribution in [0.3, 0.4) is 0 Å². The lowest BCUT2D eigenvalue weighted by Crippen LogP contribution is -2.06. The Hall–Kier alpha value is -1.42. The first kappa shape index (κ1) is 10.1. The van der Waals surface area contributed by atoms with Gasteiger partial charge in [0.25, 0.3) is 0 Å². The number of hydrogen-bond donors (Lipinski definition) is 2. The maximum Gasteiger partial charge on any atom is 0.228 e. The van der Waals surface area contributed by atoms with E-state index in [1.165, 1.54) is 12.1 Å². The second kappa shape index (κ2) is 3.62. The van der Waals surface area contributed by atoms with E-state index in [2.05, 4.69) is 5.32 Å². The summed E-state index contributed by atoms with van der Waals surface area (Å²) in [5.41, 5.74) is 1.68. The summed E-state index contributed by atoms with van der Waals surface area (Å²) in [6.07, 6.45) is -0.0460. The van der Waals surface area contributed by atoms with Gasteiger partial charge >= 0.3 is 0 Å². The highest BCUT2D eigenvalue weighted by atomic mass is 19.1. The molecule has 3 nitrogen and oxygen atoms in total. The Morgan fingerprint density at radius 3 is 3.00 bits per heavy atom. The molecule has 80 valence electrons. The molecular weight excluding hydrogens is 197 g/mol. The van der Waals surface area contributed by atoms with E-state index in [1.807, 2.05) is 0 Å². The number of fused-ring (bicyclic) bond motifs is 1. The van der Waals surface area contributed by atoms with Gasteiger partial charge in [0.2, 0.25) is 5.91 Å². The zero-order chi connectivity index (χ0) is 11.0. The zero-order valence-corrected chi connectivity index (χ0v) is 8.38. The van der Waals surface area contributed by atoms with Crippen LogP contribution in [0.2, 0.25) is 0 Å². The maximum absolute atomic E-state index is 13.2. The Morgan fingerprint density at radius 1 is 1.60 bits per heavy atom. The monoisotopic (exact) mass is 209 g/mol. The molecule has 1 unspecified atom stereocenters. The van der Waals surface area contributed by atoms with E-state index in [9.17, 15) is 14.3 Å². The molecule has 0 aliphatic carbocycles. The number of amides is 1. The largest absolute Gasteiger partial charge is 0.388 e. The van der Waals surface area contributed by atoms with Gasteiger partial charge in [0.15, 0.2) is 0 Å². The van der Waals surface area contributed by atoms with E-state index in [0.29, 0.717) is 23.2 Å². The lowest BCUT2D eigenvalue weighted by Gasteiger charge is -2.13. The Morgan fingerprint density at radius 2 is 2.33 bits per heavy atom. The average molecular weight is 209 g/mol. The summed E-state index contributed by atoms with van der Waals surface area (Å²) in [5, 5.41) is 12.3. The summed E-state index contributed by atoms with van der Waals surface area (Å²) in [5.74, 6) is -0.562. The van der Waals surface area contributed by atoms with Gasteiger partial charge in [-0.25, -0.2) is 4.39 Å². The highest BCUT2D eigenvalue weighted by molar-refractivity contribution is 6.00. The van der Waals surface area contributed by atoms with Crippen LogP contribution >= 0.6 is 0 Å². The number of nitrogens with one attached hydrogen (secondary N) is 1. The van der Waals surface area contributed by atoms with Gasteiger partial charge in [-0.3, -0.25) is 4.79 Å². The first-order chi connectivity index (χ1) is 7.11. The predicted molar refractivity (Wildman–Crippen MR) is 54.0 cm³/mol. The first-order valence-electron chi connectivity index (χ1n) is 4.92. The van der Waals surface area contributed by atoms with Crippen LogP contribution in [0.5, 0.6) is 0 Å². The fourth-order valence-corrected chi connectivity index (χ4v) is 1.82. The highest BCUT2D eigenvalue weighted by Gasteiger charge is 2.24. The third-order valence-corrected chi connectivity index (χ3v) is 2.58. The van der Waals surface area contributed by atoms with E-state index >= 15 is 0 Å². The molecule has 0 spiro atoms. The number of aliphatic hydroxyl groups is 1. The maximum atomic E-state index is 13.2. The fraction of sp³-hybridized carbons (Fsp3) is 0.364. The molecule has 0 radical (unpaired) electrons. The molecule has 1 amide bonds. The number of benzene rings is 1. The van der Waals surface area contributed by atoms with Crippen LogP contribution in [0.1, 0.15) is 30.6 Å². The minimum atomic E-state index is -0.729. The number of aliphatic hydroxyl groups excluding tert-OH is 1. The van der Waals surface area contributed by atoms with E-state index < -0.39 is 11.9 Å². The van der Waals surface area contributed by atoms with Crippen molar-refractivity contribution in [2.45, 2.75) is 25.9 Å². The van der Waals surface area contributed by atoms with Gasteiger partial charge in [-0.1, -0.05) is 6.92 Å². The van der Waals surface area contributed by atoms with Crippen molar-refractivity contribution >= 4 is 11.6 Å². The summed E-state index contributed by atoms with van der Waals surface area (Å²) in [7, 11) is 0. The molecule has 4 heteroatoms. The molecule has 0 saturated heterocycles. The summed E-state index contributed by atoms with van der Waals surface area (Å²) < 4.78 is 13.2. The lowest BCUT2D eigenvalue weighted by molar-refractivity contribution is -0.115. The van der Waals surface area contributed by atoms with Gasteiger partial charge < -0.3 is 10.4 Å². The van der Waals surface area contributed by atoms with Crippen molar-refractivity contribution in [1.82, 2.24) is 0 Å². The SMILES string of the molecule is CCC(O)c1cc(F)cc2c1NC(=O)C2. The summed E-state index contributed by atoms with van der Waals surface area (Å²) >= 11 is 0. The molecule has 2 rings (SSSR count). The van der Waals surface area contributed by atoms with Crippen molar-refractivity contribution in [3.63, 3.8) is 0 Å². The van der Waals surface area contributed by atoms with Crippen molar-refractivity contribution in [2.24, 2.45) is 0 Å². The van der Waals surface area contributed by atoms with E-state index in [0.717, 1.165) is 0 Å². The second-order valence-electron chi connectivity index (χ2n) is 3.68. The van der Waals surface area contributed by atoms with Crippen LogP contribution in [0.25, 0.3) is 0 Å². The van der Waals surface area contributed by atoms with Crippen LogP contribution in [-0.4, -0.2) is 11.0 Å². The topological polar surface area (TPSA) is 49.3 Å². The van der Waals surface area contributed by atoms with Gasteiger partial charge in [0.1, 0.15) is 5.82 Å². The number of carbonyl (C=O) groups excluding carboxylic acids is 1. The van der Waals surface area contributed by atoms with Gasteiger partial charge in [-0.15, -0.1) is 0 Å². The van der Waals surface area contributed by atoms with Crippen LogP contribution in [0, 0.1) is 5.82 Å². The highest BCUT2D eigenvalue weighted by Crippen LogP contribution is 2.33. The molecule has 2 N–H and O–H groups in total. The molecule has 0 aromatic heterocycles. The van der Waals surface area contributed by atoms with Crippen molar-refractivity contribution in [2.75, 3.05) is 5.32 Å². The van der Waals surface area contributed by atoms with Gasteiger partial charge in [0, 0.05) is 5.56 Å². The molecule has 1 atom stereocenters. The minimum absolute atomic E-state index is 0.153. The molecule has 0 fully saturated rings. The van der Waals surface area contributed by atoms with Gasteiger partial charge in [0.05, 0.1) is 18.2 Å². The van der Waals surface area contributed by atoms with Crippen LogP contribution in [0.15, 0.2) is 12.1 Å². The number of anilines is 1. The Labute approximate surface area is 86.9 Å². The van der Waals surface area contributed by atoms with Crippen molar-refractivity contribution in [3.05, 3.63) is 29.1 Å². The molecule has 1 heterocycles. The lowest BCUT2D eigenvalue weighted by atomic mass is 10.0. The third kappa shape index (κ3) is 1.72. The smallest absolute Gasteiger partial charge is 0.228 e. The van der Waals surface area contributed by atoms with Crippen LogP contribution < -0.4 is 5.32 Å². The van der Waals surface area contributed by atoms with Gasteiger partial charge in [-0.05, 0) is 24.1 Å². The van der Waals surface area contributed by atoms with E-state index in [4.69, 9.17) is 0 Å². The van der Waals surface area contributed by atoms with Gasteiger partial charge in [-0.2, -0.15) is 0 Å². The number of hydrogen-bond acceptors (Lipinski definition) is 2. The van der Waals surface area contributed by atoms with Crippen LogP contribution in [-0.2, 0) is 11.2 Å². The molecular formula is C11H12FNO2. The second-order valence-corrected chi connectivity index (χ2v) is 3.68. The Bertz CT molecular complexity index is 417. The van der Waals surface area contributed by atoms with Crippen molar-refractivity contribution in [3.8, 4) is 0 Å². The molecule has 1 aromatic rings. The van der Waals surface area contributed by atoms with Crippen molar-refractivity contribution < 1.29 is 14.3 Å². The number of carbonyl (C=O) groups is 1. The summed E-state index contributed by atoms with van der Waals surface area (Å²) in [6.45, 7) is 1.80. The molecule has 1 aliphatic heterocycles. The molecule has 0 saturated carbocycles. The summed E-state index contributed by atoms with van der Waals surface area (Å²) in [6, 6.07) is 2.61. The fourth-order valence-electron chi connectivity index (χ4n) is 1.82. The number of rotatable bonds is 2. The Kier molecular flexibility index (Phi) is 2.44. The predicted octanol–water partition coefficient (Wildman–Crippen LogP) is 1.76. The third-order valence-electron chi connectivity index (χ3n) is 2.58. The molecule has 1 aliphatic rings. The average Bonchev–Trinajstić information content (AvgIpc) is 2.55.